The molecule has 116 valence electrons. The van der Waals surface area contributed by atoms with Crippen molar-refractivity contribution in [3.63, 3.8) is 0 Å². The summed E-state index contributed by atoms with van der Waals surface area (Å²) in [4.78, 5) is 12.1. The first kappa shape index (κ1) is 16.2. The number of halogens is 1. The summed E-state index contributed by atoms with van der Waals surface area (Å²) in [5.74, 6) is 0.567. The number of hydrogen-bond donors (Lipinski definition) is 2. The third kappa shape index (κ3) is 3.71. The monoisotopic (exact) mass is 318 g/mol. The van der Waals surface area contributed by atoms with Crippen molar-refractivity contribution in [2.75, 3.05) is 17.7 Å². The number of amides is 2. The van der Waals surface area contributed by atoms with Gasteiger partial charge in [-0.2, -0.15) is 0 Å². The predicted octanol–water partition coefficient (Wildman–Crippen LogP) is 4.92. The number of ether oxygens (including phenoxy) is 1. The van der Waals surface area contributed by atoms with Crippen LogP contribution in [0.15, 0.2) is 30.3 Å². The zero-order chi connectivity index (χ0) is 16.3. The van der Waals surface area contributed by atoms with Gasteiger partial charge in [-0.25, -0.2) is 4.79 Å². The summed E-state index contributed by atoms with van der Waals surface area (Å²) < 4.78 is 5.08. The Morgan fingerprint density at radius 2 is 1.68 bits per heavy atom. The third-order valence-corrected chi connectivity index (χ3v) is 3.62. The van der Waals surface area contributed by atoms with Crippen molar-refractivity contribution in [2.24, 2.45) is 0 Å². The van der Waals surface area contributed by atoms with Crippen molar-refractivity contribution >= 4 is 29.0 Å². The highest BCUT2D eigenvalue weighted by Crippen LogP contribution is 2.27. The minimum Gasteiger partial charge on any atom is -0.495 e. The van der Waals surface area contributed by atoms with Crippen molar-refractivity contribution in [2.45, 2.75) is 20.8 Å². The summed E-state index contributed by atoms with van der Waals surface area (Å²) in [7, 11) is 1.55. The van der Waals surface area contributed by atoms with Crippen LogP contribution in [0.3, 0.4) is 0 Å². The Labute approximate surface area is 135 Å². The van der Waals surface area contributed by atoms with E-state index in [9.17, 15) is 4.79 Å². The van der Waals surface area contributed by atoms with E-state index in [1.807, 2.05) is 32.9 Å². The van der Waals surface area contributed by atoms with E-state index in [1.54, 1.807) is 25.3 Å². The molecule has 2 rings (SSSR count). The molecule has 0 aromatic heterocycles. The Balaban J connectivity index is 2.12. The van der Waals surface area contributed by atoms with Crippen molar-refractivity contribution in [3.8, 4) is 5.75 Å². The molecule has 0 aliphatic heterocycles. The number of aryl methyl sites for hydroxylation is 3. The van der Waals surface area contributed by atoms with Crippen LogP contribution < -0.4 is 15.4 Å². The maximum Gasteiger partial charge on any atom is 0.323 e. The number of hydrogen-bond acceptors (Lipinski definition) is 2. The minimum absolute atomic E-state index is 0.309. The van der Waals surface area contributed by atoms with Gasteiger partial charge in [-0.05, 0) is 50.1 Å². The standard InChI is InChI=1S/C17H19ClN2O2/c1-10-7-11(2)16(12(3)8-10)20-17(21)19-13-5-6-15(22-4)14(18)9-13/h5-9H,1-4H3,(H2,19,20,21). The summed E-state index contributed by atoms with van der Waals surface area (Å²) in [6, 6.07) is 8.85. The van der Waals surface area contributed by atoms with Gasteiger partial charge in [0.2, 0.25) is 0 Å². The maximum absolute atomic E-state index is 12.1. The Morgan fingerprint density at radius 1 is 1.05 bits per heavy atom. The lowest BCUT2D eigenvalue weighted by Gasteiger charge is -2.14. The van der Waals surface area contributed by atoms with E-state index in [4.69, 9.17) is 16.3 Å². The van der Waals surface area contributed by atoms with E-state index in [2.05, 4.69) is 10.6 Å². The molecule has 0 aliphatic carbocycles. The van der Waals surface area contributed by atoms with Crippen LogP contribution in [0.5, 0.6) is 5.75 Å². The van der Waals surface area contributed by atoms with Crippen LogP contribution in [0.2, 0.25) is 5.02 Å². The van der Waals surface area contributed by atoms with Crippen LogP contribution in [0.1, 0.15) is 16.7 Å². The molecular formula is C17H19ClN2O2. The fourth-order valence-corrected chi connectivity index (χ4v) is 2.65. The number of methoxy groups -OCH3 is 1. The van der Waals surface area contributed by atoms with E-state index in [0.29, 0.717) is 16.5 Å². The molecule has 0 radical (unpaired) electrons. The maximum atomic E-state index is 12.1. The summed E-state index contributed by atoms with van der Waals surface area (Å²) in [6.07, 6.45) is 0. The largest absolute Gasteiger partial charge is 0.495 e. The number of benzene rings is 2. The number of rotatable bonds is 3. The van der Waals surface area contributed by atoms with Gasteiger partial charge < -0.3 is 15.4 Å². The molecule has 2 N–H and O–H groups in total. The van der Waals surface area contributed by atoms with Gasteiger partial charge in [0.25, 0.3) is 0 Å². The number of urea groups is 1. The summed E-state index contributed by atoms with van der Waals surface area (Å²) in [6.45, 7) is 5.98. The Morgan fingerprint density at radius 3 is 2.23 bits per heavy atom. The molecule has 2 aromatic rings. The molecule has 5 heteroatoms. The lowest BCUT2D eigenvalue weighted by molar-refractivity contribution is 0.262. The molecule has 4 nitrogen and oxygen atoms in total. The number of carbonyl (C=O) groups excluding carboxylic acids is 1. The third-order valence-electron chi connectivity index (χ3n) is 3.33. The molecule has 0 fully saturated rings. The summed E-state index contributed by atoms with van der Waals surface area (Å²) >= 11 is 6.04. The molecule has 0 heterocycles. The smallest absolute Gasteiger partial charge is 0.323 e. The van der Waals surface area contributed by atoms with Gasteiger partial charge in [0.1, 0.15) is 5.75 Å². The van der Waals surface area contributed by atoms with Crippen LogP contribution >= 0.6 is 11.6 Å². The van der Waals surface area contributed by atoms with Crippen LogP contribution in [0, 0.1) is 20.8 Å². The van der Waals surface area contributed by atoms with Crippen LogP contribution in [-0.2, 0) is 0 Å². The van der Waals surface area contributed by atoms with E-state index in [1.165, 1.54) is 5.56 Å². The van der Waals surface area contributed by atoms with Gasteiger partial charge in [-0.15, -0.1) is 0 Å². The molecule has 2 aromatic carbocycles. The molecule has 0 unspecified atom stereocenters. The van der Waals surface area contributed by atoms with E-state index in [0.717, 1.165) is 16.8 Å². The first-order valence-corrected chi connectivity index (χ1v) is 7.28. The molecule has 0 spiro atoms. The lowest BCUT2D eigenvalue weighted by atomic mass is 10.1. The second-order valence-corrected chi connectivity index (χ2v) is 5.61. The normalized spacial score (nSPS) is 10.2. The highest BCUT2D eigenvalue weighted by atomic mass is 35.5. The highest BCUT2D eigenvalue weighted by Gasteiger charge is 2.09. The van der Waals surface area contributed by atoms with Gasteiger partial charge in [0.05, 0.1) is 12.1 Å². The molecule has 0 saturated heterocycles. The molecule has 0 atom stereocenters. The number of nitrogens with one attached hydrogen (secondary N) is 2. The quantitative estimate of drug-likeness (QED) is 0.844. The fraction of sp³-hybridized carbons (Fsp3) is 0.235. The molecule has 0 saturated carbocycles. The summed E-state index contributed by atoms with van der Waals surface area (Å²) in [5.41, 5.74) is 4.65. The number of carbonyl (C=O) groups is 1. The second kappa shape index (κ2) is 6.71. The van der Waals surface area contributed by atoms with E-state index < -0.39 is 0 Å². The molecule has 2 amide bonds. The Kier molecular flexibility index (Phi) is 4.93. The van der Waals surface area contributed by atoms with Crippen molar-refractivity contribution < 1.29 is 9.53 Å². The first-order valence-electron chi connectivity index (χ1n) is 6.90. The van der Waals surface area contributed by atoms with Crippen molar-refractivity contribution in [1.82, 2.24) is 0 Å². The average Bonchev–Trinajstić information content (AvgIpc) is 2.43. The first-order chi connectivity index (χ1) is 10.4. The average molecular weight is 319 g/mol. The lowest BCUT2D eigenvalue weighted by Crippen LogP contribution is -2.20. The van der Waals surface area contributed by atoms with Gasteiger partial charge in [0, 0.05) is 11.4 Å². The van der Waals surface area contributed by atoms with Crippen LogP contribution in [0.25, 0.3) is 0 Å². The van der Waals surface area contributed by atoms with Gasteiger partial charge in [-0.1, -0.05) is 29.3 Å². The minimum atomic E-state index is -0.309. The van der Waals surface area contributed by atoms with Gasteiger partial charge in [-0.3, -0.25) is 0 Å². The summed E-state index contributed by atoms with van der Waals surface area (Å²) in [5, 5.41) is 6.09. The van der Waals surface area contributed by atoms with E-state index in [-0.39, 0.29) is 6.03 Å². The molecule has 22 heavy (non-hydrogen) atoms. The Bertz CT molecular complexity index is 691. The second-order valence-electron chi connectivity index (χ2n) is 5.20. The zero-order valence-corrected chi connectivity index (χ0v) is 13.8. The Hall–Kier alpha value is -2.20. The van der Waals surface area contributed by atoms with Gasteiger partial charge in [0.15, 0.2) is 0 Å². The zero-order valence-electron chi connectivity index (χ0n) is 13.1. The number of anilines is 2. The van der Waals surface area contributed by atoms with Gasteiger partial charge >= 0.3 is 6.03 Å². The van der Waals surface area contributed by atoms with Crippen molar-refractivity contribution in [3.05, 3.63) is 52.0 Å². The molecule has 0 bridgehead atoms. The topological polar surface area (TPSA) is 50.4 Å². The predicted molar refractivity (Wildman–Crippen MR) is 91.3 cm³/mol. The SMILES string of the molecule is COc1ccc(NC(=O)Nc2c(C)cc(C)cc2C)cc1Cl. The van der Waals surface area contributed by atoms with Crippen LogP contribution in [0.4, 0.5) is 16.2 Å². The fourth-order valence-electron chi connectivity index (χ4n) is 2.40. The molecular weight excluding hydrogens is 300 g/mol. The highest BCUT2D eigenvalue weighted by molar-refractivity contribution is 6.32. The van der Waals surface area contributed by atoms with E-state index >= 15 is 0 Å². The molecule has 0 aliphatic rings. The van der Waals surface area contributed by atoms with Crippen molar-refractivity contribution in [1.29, 1.82) is 0 Å². The van der Waals surface area contributed by atoms with Crippen LogP contribution in [-0.4, -0.2) is 13.1 Å².